The predicted octanol–water partition coefficient (Wildman–Crippen LogP) is 3.82. The maximum Gasteiger partial charge on any atom is 0.294 e. The topological polar surface area (TPSA) is 52.9 Å². The zero-order valence-electron chi connectivity index (χ0n) is 11.8. The Labute approximate surface area is 133 Å². The molecule has 112 valence electrons. The van der Waals surface area contributed by atoms with Gasteiger partial charge in [-0.1, -0.05) is 30.1 Å². The Morgan fingerprint density at radius 3 is 2.62 bits per heavy atom. The highest BCUT2D eigenvalue weighted by atomic mass is 35.5. The van der Waals surface area contributed by atoms with E-state index in [1.54, 1.807) is 22.9 Å². The average Bonchev–Trinajstić information content (AvgIpc) is 3.22. The van der Waals surface area contributed by atoms with Gasteiger partial charge in [0.1, 0.15) is 5.69 Å². The highest BCUT2D eigenvalue weighted by Gasteiger charge is 2.32. The quantitative estimate of drug-likeness (QED) is 0.929. The molecule has 0 amide bonds. The number of aromatic nitrogens is 2. The molecule has 21 heavy (non-hydrogen) atoms. The number of benzene rings is 1. The number of nitrogen functional groups attached to an aromatic ring is 1. The first-order chi connectivity index (χ1) is 10.0. The fourth-order valence-corrected chi connectivity index (χ4v) is 3.18. The van der Waals surface area contributed by atoms with Crippen molar-refractivity contribution in [2.24, 2.45) is 0 Å². The molecule has 0 atom stereocenters. The van der Waals surface area contributed by atoms with Crippen molar-refractivity contribution in [1.82, 2.24) is 9.36 Å². The zero-order valence-corrected chi connectivity index (χ0v) is 13.3. The minimum absolute atomic E-state index is 0.199. The number of nitrogens with two attached hydrogens (primary N) is 1. The first-order valence-electron chi connectivity index (χ1n) is 7.11. The van der Waals surface area contributed by atoms with E-state index in [2.05, 4.69) is 6.92 Å². The molecule has 0 radical (unpaired) electrons. The molecule has 3 rings (SSSR count). The van der Waals surface area contributed by atoms with Gasteiger partial charge in [-0.15, -0.1) is 0 Å². The molecule has 1 aliphatic carbocycles. The Kier molecular flexibility index (Phi) is 3.76. The van der Waals surface area contributed by atoms with Crippen LogP contribution in [-0.2, 0) is 6.54 Å². The van der Waals surface area contributed by atoms with E-state index in [-0.39, 0.29) is 5.56 Å². The number of halogens is 2. The van der Waals surface area contributed by atoms with E-state index in [1.807, 2.05) is 4.68 Å². The van der Waals surface area contributed by atoms with Crippen LogP contribution in [0, 0.1) is 0 Å². The van der Waals surface area contributed by atoms with Gasteiger partial charge in [-0.2, -0.15) is 0 Å². The Bertz CT molecular complexity index is 744. The van der Waals surface area contributed by atoms with Crippen LogP contribution in [0.4, 0.5) is 5.69 Å². The Morgan fingerprint density at radius 1 is 1.33 bits per heavy atom. The lowest BCUT2D eigenvalue weighted by molar-refractivity contribution is 0.515. The first-order valence-corrected chi connectivity index (χ1v) is 7.86. The third-order valence-electron chi connectivity index (χ3n) is 3.76. The molecule has 4 nitrogen and oxygen atoms in total. The molecule has 0 saturated heterocycles. The molecular weight excluding hydrogens is 309 g/mol. The van der Waals surface area contributed by atoms with Crippen molar-refractivity contribution in [3.05, 3.63) is 44.3 Å². The van der Waals surface area contributed by atoms with E-state index >= 15 is 0 Å². The third kappa shape index (κ3) is 2.47. The Hall–Kier alpha value is -1.39. The standard InChI is InChI=1S/C15H17Cl2N3O/c1-2-7-19-14(9-3-4-9)13(18)15(21)20(19)12-6-5-10(16)8-11(12)17/h5-6,8-9H,2-4,7,18H2,1H3. The molecule has 0 spiro atoms. The van der Waals surface area contributed by atoms with E-state index in [1.165, 1.54) is 0 Å². The van der Waals surface area contributed by atoms with Crippen molar-refractivity contribution in [2.45, 2.75) is 38.6 Å². The molecule has 0 bridgehead atoms. The third-order valence-corrected chi connectivity index (χ3v) is 4.29. The van der Waals surface area contributed by atoms with E-state index in [9.17, 15) is 4.79 Å². The summed E-state index contributed by atoms with van der Waals surface area (Å²) in [5.74, 6) is 0.400. The van der Waals surface area contributed by atoms with Crippen LogP contribution in [-0.4, -0.2) is 9.36 Å². The maximum absolute atomic E-state index is 12.6. The van der Waals surface area contributed by atoms with Crippen molar-refractivity contribution in [1.29, 1.82) is 0 Å². The smallest absolute Gasteiger partial charge is 0.294 e. The van der Waals surface area contributed by atoms with Crippen molar-refractivity contribution < 1.29 is 0 Å². The first kappa shape index (κ1) is 14.5. The van der Waals surface area contributed by atoms with Crippen LogP contribution in [0.15, 0.2) is 23.0 Å². The molecule has 1 saturated carbocycles. The molecule has 1 heterocycles. The fourth-order valence-electron chi connectivity index (χ4n) is 2.69. The van der Waals surface area contributed by atoms with Gasteiger partial charge in [-0.3, -0.25) is 9.48 Å². The molecule has 0 unspecified atom stereocenters. The van der Waals surface area contributed by atoms with Gasteiger partial charge < -0.3 is 5.73 Å². The Morgan fingerprint density at radius 2 is 2.05 bits per heavy atom. The van der Waals surface area contributed by atoms with Gasteiger partial charge in [0, 0.05) is 17.5 Å². The van der Waals surface area contributed by atoms with Crippen molar-refractivity contribution >= 4 is 28.9 Å². The van der Waals surface area contributed by atoms with Gasteiger partial charge in [0.15, 0.2) is 0 Å². The van der Waals surface area contributed by atoms with Crippen LogP contribution in [0.25, 0.3) is 5.69 Å². The highest BCUT2D eigenvalue weighted by Crippen LogP contribution is 2.42. The normalized spacial score (nSPS) is 14.6. The van der Waals surface area contributed by atoms with Crippen LogP contribution in [0.2, 0.25) is 10.0 Å². The summed E-state index contributed by atoms with van der Waals surface area (Å²) >= 11 is 12.2. The molecule has 2 aromatic rings. The summed E-state index contributed by atoms with van der Waals surface area (Å²) in [6.45, 7) is 2.81. The summed E-state index contributed by atoms with van der Waals surface area (Å²) in [5.41, 5.74) is 7.79. The average molecular weight is 326 g/mol. The van der Waals surface area contributed by atoms with Gasteiger partial charge in [0.05, 0.1) is 16.4 Å². The van der Waals surface area contributed by atoms with E-state index < -0.39 is 0 Å². The number of nitrogens with zero attached hydrogens (tertiary/aromatic N) is 2. The molecular formula is C15H17Cl2N3O. The molecule has 1 fully saturated rings. The number of hydrogen-bond acceptors (Lipinski definition) is 2. The summed E-state index contributed by atoms with van der Waals surface area (Å²) in [6, 6.07) is 5.13. The highest BCUT2D eigenvalue weighted by molar-refractivity contribution is 6.35. The lowest BCUT2D eigenvalue weighted by atomic mass is 10.2. The monoisotopic (exact) mass is 325 g/mol. The molecule has 1 aliphatic rings. The van der Waals surface area contributed by atoms with Gasteiger partial charge >= 0.3 is 0 Å². The van der Waals surface area contributed by atoms with Gasteiger partial charge in [0.25, 0.3) is 5.56 Å². The second-order valence-corrected chi connectivity index (χ2v) is 6.25. The van der Waals surface area contributed by atoms with Crippen molar-refractivity contribution in [3.8, 4) is 5.69 Å². The van der Waals surface area contributed by atoms with Crippen LogP contribution >= 0.6 is 23.2 Å². The summed E-state index contributed by atoms with van der Waals surface area (Å²) in [4.78, 5) is 12.6. The predicted molar refractivity (Wildman–Crippen MR) is 86.7 cm³/mol. The molecule has 2 N–H and O–H groups in total. The lowest BCUT2D eigenvalue weighted by Gasteiger charge is -2.15. The van der Waals surface area contributed by atoms with Gasteiger partial charge in [-0.25, -0.2) is 4.68 Å². The van der Waals surface area contributed by atoms with Crippen LogP contribution < -0.4 is 11.3 Å². The maximum atomic E-state index is 12.6. The summed E-state index contributed by atoms with van der Waals surface area (Å²) in [7, 11) is 0. The van der Waals surface area contributed by atoms with Crippen molar-refractivity contribution in [2.75, 3.05) is 5.73 Å². The molecule has 0 aliphatic heterocycles. The summed E-state index contributed by atoms with van der Waals surface area (Å²) < 4.78 is 3.57. The second-order valence-electron chi connectivity index (χ2n) is 5.41. The van der Waals surface area contributed by atoms with Crippen LogP contribution in [0.5, 0.6) is 0 Å². The minimum atomic E-state index is -0.199. The largest absolute Gasteiger partial charge is 0.393 e. The minimum Gasteiger partial charge on any atom is -0.393 e. The fraction of sp³-hybridized carbons (Fsp3) is 0.400. The molecule has 6 heteroatoms. The van der Waals surface area contributed by atoms with Gasteiger partial charge in [0.2, 0.25) is 0 Å². The van der Waals surface area contributed by atoms with E-state index in [0.29, 0.717) is 27.3 Å². The summed E-state index contributed by atoms with van der Waals surface area (Å²) in [6.07, 6.45) is 3.09. The van der Waals surface area contributed by atoms with Crippen molar-refractivity contribution in [3.63, 3.8) is 0 Å². The number of hydrogen-bond donors (Lipinski definition) is 1. The van der Waals surface area contributed by atoms with Gasteiger partial charge in [-0.05, 0) is 37.5 Å². The summed E-state index contributed by atoms with van der Waals surface area (Å²) in [5, 5.41) is 0.989. The van der Waals surface area contributed by atoms with E-state index in [4.69, 9.17) is 28.9 Å². The SMILES string of the molecule is CCCn1c(C2CC2)c(N)c(=O)n1-c1ccc(Cl)cc1Cl. The Balaban J connectivity index is 2.26. The molecule has 1 aromatic heterocycles. The number of rotatable bonds is 4. The number of anilines is 1. The van der Waals surface area contributed by atoms with E-state index in [0.717, 1.165) is 31.5 Å². The molecule has 1 aromatic carbocycles. The lowest BCUT2D eigenvalue weighted by Crippen LogP contribution is -2.22. The van der Waals surface area contributed by atoms with Crippen LogP contribution in [0.3, 0.4) is 0 Å². The second kappa shape index (κ2) is 5.43. The van der Waals surface area contributed by atoms with Crippen LogP contribution in [0.1, 0.15) is 37.8 Å². The zero-order chi connectivity index (χ0) is 15.1.